The van der Waals surface area contributed by atoms with Crippen LogP contribution in [0.15, 0.2) is 40.9 Å². The lowest BCUT2D eigenvalue weighted by atomic mass is 10.2. The predicted octanol–water partition coefficient (Wildman–Crippen LogP) is 1.84. The molecule has 0 unspecified atom stereocenters. The van der Waals surface area contributed by atoms with Crippen LogP contribution in [-0.2, 0) is 19.6 Å². The molecule has 96 valence electrons. The topological polar surface area (TPSA) is 49.5 Å². The van der Waals surface area contributed by atoms with Gasteiger partial charge in [0.25, 0.3) is 0 Å². The summed E-state index contributed by atoms with van der Waals surface area (Å²) in [5, 5.41) is 8.92. The van der Waals surface area contributed by atoms with Crippen molar-refractivity contribution >= 4 is 0 Å². The lowest BCUT2D eigenvalue weighted by Crippen LogP contribution is -2.20. The third kappa shape index (κ3) is 3.68. The minimum absolute atomic E-state index is 0.0440. The van der Waals surface area contributed by atoms with Crippen LogP contribution in [0.2, 0.25) is 0 Å². The van der Waals surface area contributed by atoms with Crippen molar-refractivity contribution in [3.05, 3.63) is 53.7 Å². The summed E-state index contributed by atoms with van der Waals surface area (Å²) in [4.78, 5) is 6.47. The van der Waals surface area contributed by atoms with Crippen LogP contribution in [0.3, 0.4) is 0 Å². The maximum atomic E-state index is 8.92. The van der Waals surface area contributed by atoms with Gasteiger partial charge in [0, 0.05) is 24.9 Å². The van der Waals surface area contributed by atoms with E-state index in [0.717, 1.165) is 31.0 Å². The summed E-state index contributed by atoms with van der Waals surface area (Å²) >= 11 is 0. The summed E-state index contributed by atoms with van der Waals surface area (Å²) in [7, 11) is 2.05. The number of furan rings is 1. The molecule has 0 fully saturated rings. The molecule has 0 saturated carbocycles. The van der Waals surface area contributed by atoms with Crippen LogP contribution >= 0.6 is 0 Å². The van der Waals surface area contributed by atoms with Crippen molar-refractivity contribution in [2.75, 3.05) is 13.6 Å². The summed E-state index contributed by atoms with van der Waals surface area (Å²) in [6, 6.07) is 9.67. The number of hydrogen-bond donors (Lipinski definition) is 1. The van der Waals surface area contributed by atoms with Crippen LogP contribution in [0.1, 0.15) is 17.2 Å². The van der Waals surface area contributed by atoms with Crippen LogP contribution < -0.4 is 0 Å². The Bertz CT molecular complexity index is 468. The molecule has 0 aliphatic carbocycles. The summed E-state index contributed by atoms with van der Waals surface area (Å²) in [5.74, 6) is 1.49. The summed E-state index contributed by atoms with van der Waals surface area (Å²) in [6.45, 7) is 1.62. The Morgan fingerprint density at radius 1 is 1.22 bits per heavy atom. The largest absolute Gasteiger partial charge is 0.462 e. The highest BCUT2D eigenvalue weighted by atomic mass is 16.4. The fraction of sp³-hybridized carbons (Fsp3) is 0.357. The first-order valence-electron chi connectivity index (χ1n) is 6.05. The van der Waals surface area contributed by atoms with Crippen molar-refractivity contribution in [2.24, 2.45) is 0 Å². The monoisotopic (exact) mass is 246 g/mol. The molecule has 4 nitrogen and oxygen atoms in total. The number of likely N-dealkylation sites (N-methyl/N-ethyl adjacent to an activating group) is 1. The van der Waals surface area contributed by atoms with E-state index in [0.29, 0.717) is 5.76 Å². The molecule has 0 atom stereocenters. The lowest BCUT2D eigenvalue weighted by molar-refractivity contribution is 0.233. The van der Waals surface area contributed by atoms with Crippen molar-refractivity contribution in [3.63, 3.8) is 0 Å². The normalized spacial score (nSPS) is 11.1. The summed E-state index contributed by atoms with van der Waals surface area (Å²) in [6.07, 6.45) is 2.74. The average Bonchev–Trinajstić information content (AvgIpc) is 2.85. The van der Waals surface area contributed by atoms with Gasteiger partial charge >= 0.3 is 0 Å². The Kier molecular flexibility index (Phi) is 4.50. The molecule has 2 aromatic heterocycles. The zero-order valence-electron chi connectivity index (χ0n) is 10.5. The van der Waals surface area contributed by atoms with E-state index in [2.05, 4.69) is 9.88 Å². The van der Waals surface area contributed by atoms with Crippen LogP contribution in [0.5, 0.6) is 0 Å². The molecule has 0 aliphatic heterocycles. The fourth-order valence-corrected chi connectivity index (χ4v) is 1.79. The van der Waals surface area contributed by atoms with E-state index in [1.165, 1.54) is 0 Å². The van der Waals surface area contributed by atoms with Crippen molar-refractivity contribution in [3.8, 4) is 0 Å². The number of aromatic nitrogens is 1. The Hall–Kier alpha value is -1.65. The number of pyridine rings is 1. The first-order chi connectivity index (χ1) is 8.78. The highest BCUT2D eigenvalue weighted by Gasteiger charge is 2.05. The Morgan fingerprint density at radius 2 is 2.06 bits per heavy atom. The van der Waals surface area contributed by atoms with Gasteiger partial charge in [0.05, 0.1) is 6.54 Å². The third-order valence-corrected chi connectivity index (χ3v) is 2.77. The Balaban J connectivity index is 1.80. The van der Waals surface area contributed by atoms with E-state index in [9.17, 15) is 0 Å². The van der Waals surface area contributed by atoms with Gasteiger partial charge in [-0.3, -0.25) is 9.88 Å². The number of nitrogens with zero attached hydrogens (tertiary/aromatic N) is 2. The molecular weight excluding hydrogens is 228 g/mol. The number of hydrogen-bond acceptors (Lipinski definition) is 4. The van der Waals surface area contributed by atoms with Gasteiger partial charge in [0.15, 0.2) is 0 Å². The van der Waals surface area contributed by atoms with Crippen molar-refractivity contribution in [1.82, 2.24) is 9.88 Å². The third-order valence-electron chi connectivity index (χ3n) is 2.77. The van der Waals surface area contributed by atoms with Gasteiger partial charge in [0.1, 0.15) is 18.1 Å². The second-order valence-corrected chi connectivity index (χ2v) is 4.33. The summed E-state index contributed by atoms with van der Waals surface area (Å²) < 4.78 is 5.45. The van der Waals surface area contributed by atoms with E-state index < -0.39 is 0 Å². The first-order valence-corrected chi connectivity index (χ1v) is 6.05. The Labute approximate surface area is 107 Å². The van der Waals surface area contributed by atoms with Gasteiger partial charge in [-0.05, 0) is 31.3 Å². The second-order valence-electron chi connectivity index (χ2n) is 4.33. The molecule has 0 radical (unpaired) electrons. The van der Waals surface area contributed by atoms with Gasteiger partial charge in [-0.15, -0.1) is 0 Å². The molecular formula is C14H18N2O2. The van der Waals surface area contributed by atoms with Gasteiger partial charge in [-0.25, -0.2) is 0 Å². The highest BCUT2D eigenvalue weighted by molar-refractivity contribution is 5.07. The minimum atomic E-state index is -0.0440. The zero-order valence-corrected chi connectivity index (χ0v) is 10.5. The lowest BCUT2D eigenvalue weighted by Gasteiger charge is -2.14. The maximum Gasteiger partial charge on any atom is 0.129 e. The molecule has 18 heavy (non-hydrogen) atoms. The van der Waals surface area contributed by atoms with E-state index in [1.807, 2.05) is 43.6 Å². The molecule has 0 aromatic carbocycles. The van der Waals surface area contributed by atoms with E-state index in [-0.39, 0.29) is 6.61 Å². The van der Waals surface area contributed by atoms with Gasteiger partial charge in [-0.1, -0.05) is 6.07 Å². The van der Waals surface area contributed by atoms with E-state index >= 15 is 0 Å². The van der Waals surface area contributed by atoms with Crippen molar-refractivity contribution in [1.29, 1.82) is 0 Å². The minimum Gasteiger partial charge on any atom is -0.462 e. The van der Waals surface area contributed by atoms with E-state index in [1.54, 1.807) is 0 Å². The predicted molar refractivity (Wildman–Crippen MR) is 68.9 cm³/mol. The smallest absolute Gasteiger partial charge is 0.129 e. The quantitative estimate of drug-likeness (QED) is 0.845. The van der Waals surface area contributed by atoms with Gasteiger partial charge in [0.2, 0.25) is 0 Å². The molecule has 2 heterocycles. The molecule has 2 rings (SSSR count). The average molecular weight is 246 g/mol. The molecule has 0 aliphatic rings. The van der Waals surface area contributed by atoms with Crippen LogP contribution in [-0.4, -0.2) is 28.6 Å². The van der Waals surface area contributed by atoms with Crippen molar-refractivity contribution in [2.45, 2.75) is 19.6 Å². The first kappa shape index (κ1) is 12.8. The molecule has 0 saturated heterocycles. The Morgan fingerprint density at radius 3 is 2.72 bits per heavy atom. The SMILES string of the molecule is CN(CCc1ccccn1)Cc1ccc(CO)o1. The second kappa shape index (κ2) is 6.33. The molecule has 0 spiro atoms. The molecule has 0 amide bonds. The molecule has 2 aromatic rings. The van der Waals surface area contributed by atoms with Gasteiger partial charge in [-0.2, -0.15) is 0 Å². The number of aliphatic hydroxyl groups excluding tert-OH is 1. The molecule has 1 N–H and O–H groups in total. The standard InChI is InChI=1S/C14H18N2O2/c1-16(9-7-12-4-2-3-8-15-12)10-13-5-6-14(11-17)18-13/h2-6,8,17H,7,9-11H2,1H3. The van der Waals surface area contributed by atoms with Gasteiger partial charge < -0.3 is 9.52 Å². The molecule has 4 heteroatoms. The van der Waals surface area contributed by atoms with E-state index in [4.69, 9.17) is 9.52 Å². The van der Waals surface area contributed by atoms with Crippen molar-refractivity contribution < 1.29 is 9.52 Å². The fourth-order valence-electron chi connectivity index (χ4n) is 1.79. The molecule has 0 bridgehead atoms. The highest BCUT2D eigenvalue weighted by Crippen LogP contribution is 2.10. The van der Waals surface area contributed by atoms with Crippen LogP contribution in [0, 0.1) is 0 Å². The summed E-state index contributed by atoms with van der Waals surface area (Å²) in [5.41, 5.74) is 1.10. The number of rotatable bonds is 6. The maximum absolute atomic E-state index is 8.92. The number of aliphatic hydroxyl groups is 1. The zero-order chi connectivity index (χ0) is 12.8. The van der Waals surface area contributed by atoms with Crippen LogP contribution in [0.4, 0.5) is 0 Å². The van der Waals surface area contributed by atoms with Crippen LogP contribution in [0.25, 0.3) is 0 Å².